The van der Waals surface area contributed by atoms with E-state index in [0.717, 1.165) is 5.04 Å². The fourth-order valence-corrected chi connectivity index (χ4v) is 2.91. The maximum Gasteiger partial charge on any atom is 0.331 e. The Morgan fingerprint density at radius 3 is 2.72 bits per heavy atom. The Labute approximate surface area is 112 Å². The highest BCUT2D eigenvalue weighted by Gasteiger charge is 2.31. The predicted octanol–water partition coefficient (Wildman–Crippen LogP) is 1.22. The monoisotopic (exact) mass is 272 g/mol. The number of esters is 1. The minimum Gasteiger partial charge on any atom is -0.464 e. The van der Waals surface area contributed by atoms with Gasteiger partial charge < -0.3 is 10.1 Å². The molecule has 1 rings (SSSR count). The Kier molecular flexibility index (Phi) is 5.65. The van der Waals surface area contributed by atoms with Gasteiger partial charge in [-0.3, -0.25) is 9.79 Å². The summed E-state index contributed by atoms with van der Waals surface area (Å²) < 4.78 is 4.95. The highest BCUT2D eigenvalue weighted by molar-refractivity contribution is 8.14. The fourth-order valence-electron chi connectivity index (χ4n) is 1.65. The highest BCUT2D eigenvalue weighted by Crippen LogP contribution is 2.24. The summed E-state index contributed by atoms with van der Waals surface area (Å²) in [6.07, 6.45) is 0. The average molecular weight is 272 g/mol. The van der Waals surface area contributed by atoms with E-state index >= 15 is 0 Å². The SMILES string of the molecule is CCOC(=O)[C@@H]1CSC([C@H](NC(C)=O)C(C)C)=N1. The van der Waals surface area contributed by atoms with Crippen LogP contribution in [0.25, 0.3) is 0 Å². The smallest absolute Gasteiger partial charge is 0.331 e. The van der Waals surface area contributed by atoms with E-state index in [2.05, 4.69) is 10.3 Å². The zero-order valence-corrected chi connectivity index (χ0v) is 12.0. The van der Waals surface area contributed by atoms with Gasteiger partial charge in [-0.25, -0.2) is 4.79 Å². The molecule has 1 amide bonds. The molecule has 1 aliphatic heterocycles. The molecule has 0 fully saturated rings. The topological polar surface area (TPSA) is 67.8 Å². The van der Waals surface area contributed by atoms with Gasteiger partial charge in [-0.05, 0) is 12.8 Å². The van der Waals surface area contributed by atoms with Crippen molar-refractivity contribution >= 4 is 28.7 Å². The first-order chi connectivity index (χ1) is 8.45. The van der Waals surface area contributed by atoms with Crippen molar-refractivity contribution in [3.8, 4) is 0 Å². The van der Waals surface area contributed by atoms with E-state index in [1.165, 1.54) is 18.7 Å². The summed E-state index contributed by atoms with van der Waals surface area (Å²) in [4.78, 5) is 27.1. The van der Waals surface area contributed by atoms with Crippen molar-refractivity contribution in [2.75, 3.05) is 12.4 Å². The minimum absolute atomic E-state index is 0.0865. The summed E-state index contributed by atoms with van der Waals surface area (Å²) in [5.74, 6) is 0.458. The normalized spacial score (nSPS) is 20.5. The Bertz CT molecular complexity index is 355. The first-order valence-electron chi connectivity index (χ1n) is 6.10. The molecule has 0 spiro atoms. The number of amides is 1. The molecular weight excluding hydrogens is 252 g/mol. The molecule has 0 radical (unpaired) electrons. The van der Waals surface area contributed by atoms with Gasteiger partial charge in [-0.15, -0.1) is 11.8 Å². The van der Waals surface area contributed by atoms with Crippen LogP contribution >= 0.6 is 11.8 Å². The van der Waals surface area contributed by atoms with Crippen molar-refractivity contribution < 1.29 is 14.3 Å². The number of hydrogen-bond donors (Lipinski definition) is 1. The lowest BCUT2D eigenvalue weighted by atomic mass is 10.1. The average Bonchev–Trinajstić information content (AvgIpc) is 2.74. The fraction of sp³-hybridized carbons (Fsp3) is 0.750. The second kappa shape index (κ2) is 6.78. The van der Waals surface area contributed by atoms with E-state index in [9.17, 15) is 9.59 Å². The van der Waals surface area contributed by atoms with Gasteiger partial charge in [0.25, 0.3) is 0 Å². The molecule has 5 nitrogen and oxygen atoms in total. The molecule has 18 heavy (non-hydrogen) atoms. The molecule has 1 aliphatic rings. The zero-order valence-electron chi connectivity index (χ0n) is 11.2. The summed E-state index contributed by atoms with van der Waals surface area (Å²) in [7, 11) is 0. The van der Waals surface area contributed by atoms with E-state index in [1.807, 2.05) is 13.8 Å². The van der Waals surface area contributed by atoms with Crippen LogP contribution < -0.4 is 5.32 Å². The van der Waals surface area contributed by atoms with Crippen LogP contribution in [0.1, 0.15) is 27.7 Å². The van der Waals surface area contributed by atoms with E-state index in [0.29, 0.717) is 12.4 Å². The van der Waals surface area contributed by atoms with Gasteiger partial charge in [0.2, 0.25) is 5.91 Å². The predicted molar refractivity (Wildman–Crippen MR) is 72.8 cm³/mol. The zero-order chi connectivity index (χ0) is 13.7. The molecule has 0 saturated heterocycles. The van der Waals surface area contributed by atoms with Crippen molar-refractivity contribution in [3.05, 3.63) is 0 Å². The van der Waals surface area contributed by atoms with Crippen LogP contribution in [0.4, 0.5) is 0 Å². The molecular formula is C12H20N2O3S. The summed E-state index contributed by atoms with van der Waals surface area (Å²) in [5.41, 5.74) is 0. The first-order valence-corrected chi connectivity index (χ1v) is 7.08. The van der Waals surface area contributed by atoms with E-state index in [1.54, 1.807) is 6.92 Å². The van der Waals surface area contributed by atoms with Crippen LogP contribution in [0.15, 0.2) is 4.99 Å². The molecule has 1 N–H and O–H groups in total. The molecule has 2 atom stereocenters. The number of carbonyl (C=O) groups excluding carboxylic acids is 2. The Morgan fingerprint density at radius 2 is 2.22 bits per heavy atom. The van der Waals surface area contributed by atoms with Crippen LogP contribution in [-0.2, 0) is 14.3 Å². The third kappa shape index (κ3) is 4.01. The number of rotatable bonds is 5. The molecule has 0 saturated carbocycles. The molecule has 0 unspecified atom stereocenters. The van der Waals surface area contributed by atoms with Crippen molar-refractivity contribution in [2.24, 2.45) is 10.9 Å². The number of ether oxygens (including phenoxy) is 1. The summed E-state index contributed by atoms with van der Waals surface area (Å²) >= 11 is 1.52. The van der Waals surface area contributed by atoms with E-state index < -0.39 is 6.04 Å². The number of thioether (sulfide) groups is 1. The lowest BCUT2D eigenvalue weighted by Crippen LogP contribution is -2.41. The Balaban J connectivity index is 2.72. The molecule has 1 heterocycles. The van der Waals surface area contributed by atoms with Crippen molar-refractivity contribution in [1.29, 1.82) is 0 Å². The molecule has 0 aromatic heterocycles. The van der Waals surface area contributed by atoms with Gasteiger partial charge in [0, 0.05) is 12.7 Å². The molecule has 6 heteroatoms. The third-order valence-corrected chi connectivity index (χ3v) is 3.66. The number of nitrogens with zero attached hydrogens (tertiary/aromatic N) is 1. The molecule has 0 bridgehead atoms. The lowest BCUT2D eigenvalue weighted by molar-refractivity contribution is -0.143. The number of aliphatic imine (C=N–C) groups is 1. The van der Waals surface area contributed by atoms with Crippen LogP contribution in [0, 0.1) is 5.92 Å². The number of carbonyl (C=O) groups is 2. The molecule has 0 aliphatic carbocycles. The van der Waals surface area contributed by atoms with E-state index in [-0.39, 0.29) is 23.8 Å². The van der Waals surface area contributed by atoms with Gasteiger partial charge >= 0.3 is 5.97 Å². The number of nitrogens with one attached hydrogen (secondary N) is 1. The van der Waals surface area contributed by atoms with Crippen LogP contribution in [0.5, 0.6) is 0 Å². The second-order valence-corrected chi connectivity index (χ2v) is 5.51. The molecule has 0 aromatic rings. The van der Waals surface area contributed by atoms with Crippen molar-refractivity contribution in [1.82, 2.24) is 5.32 Å². The summed E-state index contributed by atoms with van der Waals surface area (Å²) in [6.45, 7) is 7.66. The van der Waals surface area contributed by atoms with Gasteiger partial charge in [0.15, 0.2) is 6.04 Å². The number of hydrogen-bond acceptors (Lipinski definition) is 5. The van der Waals surface area contributed by atoms with Gasteiger partial charge in [-0.2, -0.15) is 0 Å². The third-order valence-electron chi connectivity index (χ3n) is 2.52. The van der Waals surface area contributed by atoms with Crippen molar-refractivity contribution in [3.63, 3.8) is 0 Å². The highest BCUT2D eigenvalue weighted by atomic mass is 32.2. The van der Waals surface area contributed by atoms with Gasteiger partial charge in [0.05, 0.1) is 17.7 Å². The summed E-state index contributed by atoms with van der Waals surface area (Å²) in [6, 6.07) is -0.549. The standard InChI is InChI=1S/C12H20N2O3S/c1-5-17-12(16)9-6-18-11(14-9)10(7(2)3)13-8(4)15/h7,9-10H,5-6H2,1-4H3,(H,13,15)/t9-,10+/m0/s1. The maximum absolute atomic E-state index is 11.6. The van der Waals surface area contributed by atoms with Crippen LogP contribution in [-0.4, -0.2) is 41.4 Å². The summed E-state index contributed by atoms with van der Waals surface area (Å²) in [5, 5.41) is 3.69. The van der Waals surface area contributed by atoms with Gasteiger partial charge in [-0.1, -0.05) is 13.8 Å². The largest absolute Gasteiger partial charge is 0.464 e. The van der Waals surface area contributed by atoms with E-state index in [4.69, 9.17) is 4.74 Å². The van der Waals surface area contributed by atoms with Crippen LogP contribution in [0.2, 0.25) is 0 Å². The quantitative estimate of drug-likeness (QED) is 0.764. The minimum atomic E-state index is -0.431. The lowest BCUT2D eigenvalue weighted by Gasteiger charge is -2.21. The molecule has 0 aromatic carbocycles. The Hall–Kier alpha value is -1.04. The van der Waals surface area contributed by atoms with Crippen molar-refractivity contribution in [2.45, 2.75) is 39.8 Å². The first kappa shape index (κ1) is 15.0. The molecule has 102 valence electrons. The maximum atomic E-state index is 11.6. The van der Waals surface area contributed by atoms with Gasteiger partial charge in [0.1, 0.15) is 0 Å². The van der Waals surface area contributed by atoms with Crippen LogP contribution in [0.3, 0.4) is 0 Å². The Morgan fingerprint density at radius 1 is 1.56 bits per heavy atom. The second-order valence-electron chi connectivity index (χ2n) is 4.47.